The van der Waals surface area contributed by atoms with Crippen molar-refractivity contribution in [3.05, 3.63) is 52.1 Å². The molecule has 0 bridgehead atoms. The zero-order valence-corrected chi connectivity index (χ0v) is 18.7. The smallest absolute Gasteiger partial charge is 0.262 e. The highest BCUT2D eigenvalue weighted by atomic mass is 32.2. The van der Waals surface area contributed by atoms with Crippen LogP contribution in [0.2, 0.25) is 0 Å². The van der Waals surface area contributed by atoms with Crippen molar-refractivity contribution in [3.63, 3.8) is 0 Å². The lowest BCUT2D eigenvalue weighted by molar-refractivity contribution is 0.569. The van der Waals surface area contributed by atoms with E-state index in [4.69, 9.17) is 10.7 Å². The molecule has 4 rings (SSSR count). The van der Waals surface area contributed by atoms with Crippen LogP contribution in [0.15, 0.2) is 45.9 Å². The average Bonchev–Trinajstić information content (AvgIpc) is 2.77. The Bertz CT molecular complexity index is 1170. The number of nitrogens with two attached hydrogens (primary N) is 1. The molecule has 9 heteroatoms. The van der Waals surface area contributed by atoms with E-state index in [1.807, 2.05) is 38.4 Å². The quantitative estimate of drug-likeness (QED) is 0.341. The maximum atomic E-state index is 13.3. The first-order chi connectivity index (χ1) is 15.0. The molecule has 0 atom stereocenters. The molecule has 2 N–H and O–H groups in total. The number of nitrogen functional groups attached to an aromatic ring is 1. The van der Waals surface area contributed by atoms with Crippen molar-refractivity contribution >= 4 is 34.6 Å². The van der Waals surface area contributed by atoms with Crippen molar-refractivity contribution in [2.45, 2.75) is 49.6 Å². The number of aromatic nitrogens is 5. The van der Waals surface area contributed by atoms with Crippen molar-refractivity contribution < 1.29 is 0 Å². The third-order valence-electron chi connectivity index (χ3n) is 5.29. The molecule has 0 saturated carbocycles. The van der Waals surface area contributed by atoms with E-state index in [0.29, 0.717) is 40.1 Å². The summed E-state index contributed by atoms with van der Waals surface area (Å²) in [5, 5.41) is 1.31. The number of nitrogens with zero attached hydrogens (tertiary/aromatic N) is 6. The molecule has 0 unspecified atom stereocenters. The minimum absolute atomic E-state index is 0.00588. The first kappa shape index (κ1) is 21.3. The van der Waals surface area contributed by atoms with Gasteiger partial charge in [0.1, 0.15) is 5.82 Å². The second-order valence-corrected chi connectivity index (χ2v) is 8.76. The normalized spacial score (nSPS) is 13.9. The van der Waals surface area contributed by atoms with Crippen LogP contribution in [-0.2, 0) is 12.3 Å². The first-order valence-corrected chi connectivity index (χ1v) is 11.5. The van der Waals surface area contributed by atoms with Gasteiger partial charge >= 0.3 is 0 Å². The topological polar surface area (TPSA) is 103 Å². The fraction of sp³-hybridized carbons (Fsp3) is 0.409. The maximum Gasteiger partial charge on any atom is 0.262 e. The summed E-state index contributed by atoms with van der Waals surface area (Å²) in [6.45, 7) is 0.618. The fourth-order valence-corrected chi connectivity index (χ4v) is 4.54. The summed E-state index contributed by atoms with van der Waals surface area (Å²) in [5.74, 6) is 1.70. The predicted molar refractivity (Wildman–Crippen MR) is 125 cm³/mol. The SMILES string of the molecule is CN(C)c1nc(N)nc(CSc2nc3ccccc3c(=O)n2CCC2=CCCCC2)n1. The highest BCUT2D eigenvalue weighted by molar-refractivity contribution is 7.98. The Morgan fingerprint density at radius 1 is 1.13 bits per heavy atom. The molecule has 1 aromatic carbocycles. The van der Waals surface area contributed by atoms with Gasteiger partial charge in [0.2, 0.25) is 11.9 Å². The lowest BCUT2D eigenvalue weighted by Crippen LogP contribution is -2.24. The molecule has 8 nitrogen and oxygen atoms in total. The largest absolute Gasteiger partial charge is 0.368 e. The summed E-state index contributed by atoms with van der Waals surface area (Å²) >= 11 is 1.45. The molecule has 1 aliphatic rings. The van der Waals surface area contributed by atoms with E-state index < -0.39 is 0 Å². The van der Waals surface area contributed by atoms with Gasteiger partial charge in [0.15, 0.2) is 5.16 Å². The molecule has 0 saturated heterocycles. The summed E-state index contributed by atoms with van der Waals surface area (Å²) in [4.78, 5) is 32.7. The van der Waals surface area contributed by atoms with E-state index in [2.05, 4.69) is 21.0 Å². The van der Waals surface area contributed by atoms with Gasteiger partial charge in [-0.1, -0.05) is 35.5 Å². The van der Waals surface area contributed by atoms with Crippen LogP contribution in [0.3, 0.4) is 0 Å². The molecule has 2 aromatic heterocycles. The van der Waals surface area contributed by atoms with Crippen LogP contribution >= 0.6 is 11.8 Å². The van der Waals surface area contributed by atoms with Gasteiger partial charge in [-0.25, -0.2) is 4.98 Å². The number of rotatable bonds is 7. The van der Waals surface area contributed by atoms with Crippen molar-refractivity contribution in [2.24, 2.45) is 0 Å². The molecule has 2 heterocycles. The molecule has 0 fully saturated rings. The number of fused-ring (bicyclic) bond motifs is 1. The molecule has 0 spiro atoms. The number of anilines is 2. The Morgan fingerprint density at radius 2 is 1.97 bits per heavy atom. The second-order valence-electron chi connectivity index (χ2n) is 7.82. The van der Waals surface area contributed by atoms with Gasteiger partial charge in [-0.15, -0.1) is 0 Å². The number of hydrogen-bond donors (Lipinski definition) is 1. The average molecular weight is 438 g/mol. The van der Waals surface area contributed by atoms with Gasteiger partial charge in [0.25, 0.3) is 5.56 Å². The minimum atomic E-state index is -0.00588. The summed E-state index contributed by atoms with van der Waals surface area (Å²) in [6.07, 6.45) is 7.94. The van der Waals surface area contributed by atoms with Crippen molar-refractivity contribution in [1.82, 2.24) is 24.5 Å². The number of thioether (sulfide) groups is 1. The van der Waals surface area contributed by atoms with Crippen LogP contribution in [-0.4, -0.2) is 38.6 Å². The Labute approximate surface area is 185 Å². The molecular formula is C22H27N7OS. The summed E-state index contributed by atoms with van der Waals surface area (Å²) in [7, 11) is 3.71. The fourth-order valence-electron chi connectivity index (χ4n) is 3.66. The second kappa shape index (κ2) is 9.47. The van der Waals surface area contributed by atoms with E-state index in [-0.39, 0.29) is 11.5 Å². The van der Waals surface area contributed by atoms with E-state index in [1.54, 1.807) is 9.47 Å². The van der Waals surface area contributed by atoms with Gasteiger partial charge in [-0.05, 0) is 44.2 Å². The van der Waals surface area contributed by atoms with Gasteiger partial charge in [0, 0.05) is 20.6 Å². The van der Waals surface area contributed by atoms with Crippen LogP contribution in [0.25, 0.3) is 10.9 Å². The van der Waals surface area contributed by atoms with Crippen molar-refractivity contribution in [2.75, 3.05) is 24.7 Å². The van der Waals surface area contributed by atoms with Crippen LogP contribution in [0, 0.1) is 0 Å². The molecule has 3 aromatic rings. The van der Waals surface area contributed by atoms with E-state index in [1.165, 1.54) is 30.2 Å². The Balaban J connectivity index is 1.64. The molecule has 0 aliphatic heterocycles. The Hall–Kier alpha value is -2.94. The monoisotopic (exact) mass is 437 g/mol. The lowest BCUT2D eigenvalue weighted by Gasteiger charge is -2.16. The van der Waals surface area contributed by atoms with Crippen molar-refractivity contribution in [3.8, 4) is 0 Å². The first-order valence-electron chi connectivity index (χ1n) is 10.5. The zero-order valence-electron chi connectivity index (χ0n) is 17.9. The van der Waals surface area contributed by atoms with Gasteiger partial charge in [-0.3, -0.25) is 9.36 Å². The van der Waals surface area contributed by atoms with Gasteiger partial charge in [-0.2, -0.15) is 15.0 Å². The maximum absolute atomic E-state index is 13.3. The lowest BCUT2D eigenvalue weighted by atomic mass is 9.97. The summed E-state index contributed by atoms with van der Waals surface area (Å²) < 4.78 is 1.79. The molecule has 0 amide bonds. The summed E-state index contributed by atoms with van der Waals surface area (Å²) in [6, 6.07) is 7.49. The molecule has 162 valence electrons. The number of allylic oxidation sites excluding steroid dienone is 2. The van der Waals surface area contributed by atoms with E-state index in [0.717, 1.165) is 19.3 Å². The van der Waals surface area contributed by atoms with Crippen LogP contribution in [0.4, 0.5) is 11.9 Å². The Kier molecular flexibility index (Phi) is 6.50. The number of benzene rings is 1. The highest BCUT2D eigenvalue weighted by Gasteiger charge is 2.14. The van der Waals surface area contributed by atoms with Gasteiger partial charge in [0.05, 0.1) is 16.7 Å². The summed E-state index contributed by atoms with van der Waals surface area (Å²) in [5.41, 5.74) is 7.98. The van der Waals surface area contributed by atoms with E-state index >= 15 is 0 Å². The third kappa shape index (κ3) is 5.04. The number of hydrogen-bond acceptors (Lipinski definition) is 8. The standard InChI is InChI=1S/C22H27N7OS/c1-28(2)21-26-18(25-20(23)27-21)14-31-22-24-17-11-7-6-10-16(17)19(30)29(22)13-12-15-8-4-3-5-9-15/h6-8,10-11H,3-5,9,12-14H2,1-2H3,(H2,23,25,26,27). The third-order valence-corrected chi connectivity index (χ3v) is 6.26. The Morgan fingerprint density at radius 3 is 2.74 bits per heavy atom. The predicted octanol–water partition coefficient (Wildman–Crippen LogP) is 3.41. The van der Waals surface area contributed by atoms with E-state index in [9.17, 15) is 4.79 Å². The minimum Gasteiger partial charge on any atom is -0.368 e. The van der Waals surface area contributed by atoms with Crippen LogP contribution in [0.5, 0.6) is 0 Å². The molecule has 31 heavy (non-hydrogen) atoms. The molecule has 1 aliphatic carbocycles. The number of para-hydroxylation sites is 1. The molecule has 0 radical (unpaired) electrons. The van der Waals surface area contributed by atoms with Gasteiger partial charge < -0.3 is 10.6 Å². The van der Waals surface area contributed by atoms with Crippen molar-refractivity contribution in [1.29, 1.82) is 0 Å². The van der Waals surface area contributed by atoms with Crippen LogP contribution < -0.4 is 16.2 Å². The highest BCUT2D eigenvalue weighted by Crippen LogP contribution is 2.24. The zero-order chi connectivity index (χ0) is 21.8. The van der Waals surface area contributed by atoms with Crippen LogP contribution in [0.1, 0.15) is 37.9 Å². The molecular weight excluding hydrogens is 410 g/mol.